The lowest BCUT2D eigenvalue weighted by atomic mass is 9.67. The number of benzene rings is 1. The van der Waals surface area contributed by atoms with Gasteiger partial charge in [0.25, 0.3) is 0 Å². The number of hydrogen-bond donors (Lipinski definition) is 1. The van der Waals surface area contributed by atoms with E-state index in [-0.39, 0.29) is 35.4 Å². The molecule has 1 aliphatic heterocycles. The third kappa shape index (κ3) is 2.96. The summed E-state index contributed by atoms with van der Waals surface area (Å²) in [6.07, 6.45) is 4.26. The van der Waals surface area contributed by atoms with Crippen LogP contribution in [0.25, 0.3) is 0 Å². The Morgan fingerprint density at radius 3 is 2.58 bits per heavy atom. The van der Waals surface area contributed by atoms with E-state index in [9.17, 15) is 14.4 Å². The Bertz CT molecular complexity index is 793. The monoisotopic (exact) mass is 353 g/mol. The zero-order valence-electron chi connectivity index (χ0n) is 14.9. The summed E-state index contributed by atoms with van der Waals surface area (Å²) in [6, 6.07) is 7.52. The molecule has 0 bridgehead atoms. The smallest absolute Gasteiger partial charge is 0.221 e. The van der Waals surface area contributed by atoms with Crippen LogP contribution >= 0.6 is 0 Å². The number of amides is 1. The van der Waals surface area contributed by atoms with Gasteiger partial charge in [-0.25, -0.2) is 0 Å². The maximum Gasteiger partial charge on any atom is 0.221 e. The fourth-order valence-corrected chi connectivity index (χ4v) is 4.58. The number of nitrogens with one attached hydrogen (secondary N) is 1. The van der Waals surface area contributed by atoms with Gasteiger partial charge in [-0.05, 0) is 37.0 Å². The highest BCUT2D eigenvalue weighted by atomic mass is 16.5. The molecule has 26 heavy (non-hydrogen) atoms. The molecule has 1 N–H and O–H groups in total. The van der Waals surface area contributed by atoms with Crippen LogP contribution in [0.5, 0.6) is 0 Å². The second-order valence-corrected chi connectivity index (χ2v) is 7.44. The lowest BCUT2D eigenvalue weighted by Gasteiger charge is -2.43. The second-order valence-electron chi connectivity index (χ2n) is 7.44. The Hall–Kier alpha value is -2.43. The number of fused-ring (bicyclic) bond motifs is 1. The van der Waals surface area contributed by atoms with Crippen LogP contribution in [0, 0.1) is 5.92 Å². The molecule has 1 aromatic carbocycles. The predicted molar refractivity (Wildman–Crippen MR) is 96.6 cm³/mol. The molecular weight excluding hydrogens is 330 g/mol. The van der Waals surface area contributed by atoms with Gasteiger partial charge in [0.2, 0.25) is 5.91 Å². The average Bonchev–Trinajstić information content (AvgIpc) is 2.61. The lowest BCUT2D eigenvalue weighted by molar-refractivity contribution is -0.133. The summed E-state index contributed by atoms with van der Waals surface area (Å²) in [4.78, 5) is 36.7. The lowest BCUT2D eigenvalue weighted by Crippen LogP contribution is -2.44. The van der Waals surface area contributed by atoms with Gasteiger partial charge in [-0.1, -0.05) is 12.1 Å². The van der Waals surface area contributed by atoms with Crippen molar-refractivity contribution in [3.05, 3.63) is 41.2 Å². The van der Waals surface area contributed by atoms with Crippen molar-refractivity contribution in [2.45, 2.75) is 57.5 Å². The summed E-state index contributed by atoms with van der Waals surface area (Å²) in [7, 11) is 0. The highest BCUT2D eigenvalue weighted by Gasteiger charge is 2.48. The molecule has 1 amide bonds. The average molecular weight is 353 g/mol. The molecule has 0 spiro atoms. The van der Waals surface area contributed by atoms with Crippen molar-refractivity contribution in [2.75, 3.05) is 5.32 Å². The molecule has 1 saturated carbocycles. The number of hydrogen-bond acceptors (Lipinski definition) is 4. The molecule has 1 fully saturated rings. The Morgan fingerprint density at radius 1 is 1.08 bits per heavy atom. The standard InChI is InChI=1S/C21H23NO4/c1-12(23)22-14-10-8-13(9-11-14)19-20-15(24)4-2-6-17(20)26-18-7-3-5-16(25)21(18)19/h8-11,17,19-20H,2-7H2,1H3,(H,22,23)/t17-,19-,20+/m0/s1. The van der Waals surface area contributed by atoms with Gasteiger partial charge in [0, 0.05) is 43.4 Å². The highest BCUT2D eigenvalue weighted by molar-refractivity contribution is 6.00. The SMILES string of the molecule is CC(=O)Nc1ccc([C@@H]2C3=C(CCCC3=O)O[C@H]3CCCC(=O)[C@H]32)cc1. The second kappa shape index (κ2) is 6.71. The van der Waals surface area contributed by atoms with Crippen LogP contribution in [0.2, 0.25) is 0 Å². The van der Waals surface area contributed by atoms with Crippen LogP contribution in [0.4, 0.5) is 5.69 Å². The third-order valence-electron chi connectivity index (χ3n) is 5.65. The molecule has 1 aromatic rings. The quantitative estimate of drug-likeness (QED) is 0.883. The topological polar surface area (TPSA) is 72.5 Å². The molecule has 5 heteroatoms. The minimum absolute atomic E-state index is 0.110. The molecule has 0 unspecified atom stereocenters. The fourth-order valence-electron chi connectivity index (χ4n) is 4.58. The van der Waals surface area contributed by atoms with E-state index in [2.05, 4.69) is 5.32 Å². The molecule has 0 aromatic heterocycles. The number of Topliss-reactive ketones (excluding diaryl/α,β-unsaturated/α-hetero) is 2. The first-order chi connectivity index (χ1) is 12.5. The van der Waals surface area contributed by atoms with E-state index in [0.717, 1.165) is 37.0 Å². The molecule has 0 saturated heterocycles. The van der Waals surface area contributed by atoms with Crippen LogP contribution in [0.3, 0.4) is 0 Å². The van der Waals surface area contributed by atoms with Crippen molar-refractivity contribution in [3.8, 4) is 0 Å². The third-order valence-corrected chi connectivity index (χ3v) is 5.65. The van der Waals surface area contributed by atoms with Crippen molar-refractivity contribution in [3.63, 3.8) is 0 Å². The largest absolute Gasteiger partial charge is 0.494 e. The van der Waals surface area contributed by atoms with Crippen molar-refractivity contribution in [2.24, 2.45) is 5.92 Å². The van der Waals surface area contributed by atoms with Crippen molar-refractivity contribution >= 4 is 23.2 Å². The van der Waals surface area contributed by atoms with Gasteiger partial charge in [0.1, 0.15) is 17.6 Å². The molecule has 136 valence electrons. The van der Waals surface area contributed by atoms with Crippen LogP contribution < -0.4 is 5.32 Å². The molecule has 4 rings (SSSR count). The van der Waals surface area contributed by atoms with E-state index < -0.39 is 0 Å². The number of carbonyl (C=O) groups is 3. The summed E-state index contributed by atoms with van der Waals surface area (Å²) >= 11 is 0. The maximum absolute atomic E-state index is 12.7. The maximum atomic E-state index is 12.7. The minimum atomic E-state index is -0.281. The summed E-state index contributed by atoms with van der Waals surface area (Å²) in [5.41, 5.74) is 2.37. The Kier molecular flexibility index (Phi) is 4.39. The molecule has 3 aliphatic rings. The van der Waals surface area contributed by atoms with E-state index in [1.54, 1.807) is 0 Å². The first-order valence-electron chi connectivity index (χ1n) is 9.38. The number of allylic oxidation sites excluding steroid dienone is 2. The highest BCUT2D eigenvalue weighted by Crippen LogP contribution is 2.48. The van der Waals surface area contributed by atoms with Crippen LogP contribution in [-0.4, -0.2) is 23.6 Å². The van der Waals surface area contributed by atoms with Gasteiger partial charge in [-0.15, -0.1) is 0 Å². The first-order valence-corrected chi connectivity index (χ1v) is 9.38. The molecule has 2 aliphatic carbocycles. The molecular formula is C21H23NO4. The number of ether oxygens (including phenoxy) is 1. The Balaban J connectivity index is 1.77. The first kappa shape index (κ1) is 17.0. The molecule has 0 radical (unpaired) electrons. The molecule has 3 atom stereocenters. The fraction of sp³-hybridized carbons (Fsp3) is 0.476. The summed E-state index contributed by atoms with van der Waals surface area (Å²) < 4.78 is 6.14. The number of ketones is 2. The van der Waals surface area contributed by atoms with Gasteiger partial charge in [-0.2, -0.15) is 0 Å². The van der Waals surface area contributed by atoms with E-state index in [1.807, 2.05) is 24.3 Å². The van der Waals surface area contributed by atoms with Crippen LogP contribution in [-0.2, 0) is 19.1 Å². The Labute approximate surface area is 152 Å². The van der Waals surface area contributed by atoms with E-state index in [1.165, 1.54) is 6.92 Å². The zero-order chi connectivity index (χ0) is 18.3. The number of carbonyl (C=O) groups excluding carboxylic acids is 3. The number of rotatable bonds is 2. The van der Waals surface area contributed by atoms with Crippen LogP contribution in [0.1, 0.15) is 56.9 Å². The normalized spacial score (nSPS) is 28.1. The molecule has 5 nitrogen and oxygen atoms in total. The molecule has 1 heterocycles. The van der Waals surface area contributed by atoms with E-state index >= 15 is 0 Å². The van der Waals surface area contributed by atoms with Gasteiger partial charge in [0.15, 0.2) is 5.78 Å². The summed E-state index contributed by atoms with van der Waals surface area (Å²) in [5.74, 6) is 0.472. The van der Waals surface area contributed by atoms with Gasteiger partial charge in [0.05, 0.1) is 5.92 Å². The van der Waals surface area contributed by atoms with Gasteiger partial charge >= 0.3 is 0 Å². The van der Waals surface area contributed by atoms with E-state index in [4.69, 9.17) is 4.74 Å². The Morgan fingerprint density at radius 2 is 1.85 bits per heavy atom. The van der Waals surface area contributed by atoms with Gasteiger partial charge < -0.3 is 10.1 Å². The predicted octanol–water partition coefficient (Wildman–Crippen LogP) is 3.50. The van der Waals surface area contributed by atoms with Crippen LogP contribution in [0.15, 0.2) is 35.6 Å². The summed E-state index contributed by atoms with van der Waals surface area (Å²) in [5, 5.41) is 2.76. The van der Waals surface area contributed by atoms with Crippen molar-refractivity contribution in [1.82, 2.24) is 0 Å². The summed E-state index contributed by atoms with van der Waals surface area (Å²) in [6.45, 7) is 1.47. The zero-order valence-corrected chi connectivity index (χ0v) is 14.9. The van der Waals surface area contributed by atoms with Gasteiger partial charge in [-0.3, -0.25) is 14.4 Å². The number of anilines is 1. The van der Waals surface area contributed by atoms with Crippen molar-refractivity contribution in [1.29, 1.82) is 0 Å². The van der Waals surface area contributed by atoms with Crippen molar-refractivity contribution < 1.29 is 19.1 Å². The minimum Gasteiger partial charge on any atom is -0.494 e. The van der Waals surface area contributed by atoms with E-state index in [0.29, 0.717) is 24.1 Å².